The van der Waals surface area contributed by atoms with Gasteiger partial charge in [0.15, 0.2) is 0 Å². The normalized spacial score (nSPS) is 18.5. The first kappa shape index (κ1) is 25.9. The van der Waals surface area contributed by atoms with E-state index in [1.165, 1.54) is 30.4 Å². The lowest BCUT2D eigenvalue weighted by Gasteiger charge is -2.33. The van der Waals surface area contributed by atoms with Crippen molar-refractivity contribution in [3.8, 4) is 0 Å². The SMILES string of the molecule is C/C=C/C(=C\C=C\CC(C)(C)[C@@H]1C=CCCC1)CC(C)NCc1ccc(CC(=O)O)cc1. The Morgan fingerprint density at radius 2 is 1.97 bits per heavy atom. The molecule has 3 nitrogen and oxygen atoms in total. The van der Waals surface area contributed by atoms with Crippen LogP contribution in [0.15, 0.2) is 72.4 Å². The van der Waals surface area contributed by atoms with Crippen LogP contribution in [-0.2, 0) is 17.8 Å². The second-order valence-electron chi connectivity index (χ2n) is 9.70. The molecule has 2 atom stereocenters. The van der Waals surface area contributed by atoms with Crippen molar-refractivity contribution in [2.45, 2.75) is 78.8 Å². The molecule has 0 radical (unpaired) electrons. The van der Waals surface area contributed by atoms with Crippen molar-refractivity contribution in [2.24, 2.45) is 11.3 Å². The number of hydrogen-bond acceptors (Lipinski definition) is 2. The quantitative estimate of drug-likeness (QED) is 0.274. The van der Waals surface area contributed by atoms with Gasteiger partial charge in [0.05, 0.1) is 6.42 Å². The molecule has 2 rings (SSSR count). The molecule has 174 valence electrons. The van der Waals surface area contributed by atoms with Crippen LogP contribution < -0.4 is 5.32 Å². The summed E-state index contributed by atoms with van der Waals surface area (Å²) in [6.07, 6.45) is 21.8. The Hall–Kier alpha value is -2.39. The van der Waals surface area contributed by atoms with Crippen LogP contribution in [0.1, 0.15) is 70.9 Å². The van der Waals surface area contributed by atoms with Gasteiger partial charge < -0.3 is 10.4 Å². The van der Waals surface area contributed by atoms with Gasteiger partial charge in [0.1, 0.15) is 0 Å². The average Bonchev–Trinajstić information content (AvgIpc) is 2.76. The third-order valence-corrected chi connectivity index (χ3v) is 6.30. The van der Waals surface area contributed by atoms with Crippen molar-refractivity contribution >= 4 is 5.97 Å². The summed E-state index contributed by atoms with van der Waals surface area (Å²) in [7, 11) is 0. The lowest BCUT2D eigenvalue weighted by Crippen LogP contribution is -2.25. The Balaban J connectivity index is 1.85. The number of carboxylic acids is 1. The van der Waals surface area contributed by atoms with E-state index in [4.69, 9.17) is 5.11 Å². The van der Waals surface area contributed by atoms with E-state index in [1.807, 2.05) is 24.3 Å². The summed E-state index contributed by atoms with van der Waals surface area (Å²) in [5.41, 5.74) is 3.62. The van der Waals surface area contributed by atoms with Crippen LogP contribution >= 0.6 is 0 Å². The van der Waals surface area contributed by atoms with Crippen LogP contribution in [0.3, 0.4) is 0 Å². The van der Waals surface area contributed by atoms with E-state index in [0.29, 0.717) is 17.4 Å². The minimum atomic E-state index is -0.795. The molecule has 0 bridgehead atoms. The number of hydrogen-bond donors (Lipinski definition) is 2. The van der Waals surface area contributed by atoms with Crippen LogP contribution in [0.25, 0.3) is 0 Å². The van der Waals surface area contributed by atoms with E-state index >= 15 is 0 Å². The van der Waals surface area contributed by atoms with E-state index in [0.717, 1.165) is 24.9 Å². The lowest BCUT2D eigenvalue weighted by atomic mass is 9.72. The maximum Gasteiger partial charge on any atom is 0.307 e. The second kappa shape index (κ2) is 13.2. The predicted octanol–water partition coefficient (Wildman–Crippen LogP) is 7.01. The van der Waals surface area contributed by atoms with Crippen molar-refractivity contribution in [1.82, 2.24) is 5.32 Å². The van der Waals surface area contributed by atoms with E-state index in [1.54, 1.807) is 0 Å². The molecule has 0 saturated heterocycles. The molecule has 0 amide bonds. The fraction of sp³-hybridized carbons (Fsp3) is 0.483. The summed E-state index contributed by atoms with van der Waals surface area (Å²) >= 11 is 0. The third kappa shape index (κ3) is 9.40. The smallest absolute Gasteiger partial charge is 0.307 e. The van der Waals surface area contributed by atoms with Gasteiger partial charge >= 0.3 is 5.97 Å². The van der Waals surface area contributed by atoms with Gasteiger partial charge in [-0.3, -0.25) is 4.79 Å². The summed E-state index contributed by atoms with van der Waals surface area (Å²) in [5, 5.41) is 12.5. The Labute approximate surface area is 195 Å². The lowest BCUT2D eigenvalue weighted by molar-refractivity contribution is -0.136. The molecule has 1 aliphatic rings. The number of carboxylic acid groups (broad SMARTS) is 1. The van der Waals surface area contributed by atoms with E-state index in [-0.39, 0.29) is 6.42 Å². The Morgan fingerprint density at radius 3 is 2.59 bits per heavy atom. The van der Waals surface area contributed by atoms with Gasteiger partial charge in [-0.15, -0.1) is 0 Å². The van der Waals surface area contributed by atoms with Crippen LogP contribution in [0.4, 0.5) is 0 Å². The molecule has 0 aliphatic heterocycles. The summed E-state index contributed by atoms with van der Waals surface area (Å²) < 4.78 is 0. The van der Waals surface area contributed by atoms with Crippen molar-refractivity contribution in [1.29, 1.82) is 0 Å². The van der Waals surface area contributed by atoms with E-state index < -0.39 is 5.97 Å². The zero-order valence-corrected chi connectivity index (χ0v) is 20.3. The summed E-state index contributed by atoms with van der Waals surface area (Å²) in [5.74, 6) is -0.112. The number of allylic oxidation sites excluding steroid dienone is 7. The molecule has 0 aromatic heterocycles. The standard InChI is InChI=1S/C29H41NO2/c1-5-11-24(12-9-10-19-29(3,4)27-13-7-6-8-14-27)20-23(2)30-22-26-17-15-25(16-18-26)21-28(31)32/h5,7,9-13,15-18,23,27,30H,6,8,14,19-22H2,1-4H3,(H,31,32)/b10-9+,11-5+,24-12+/t23?,27-/m1/s1. The predicted molar refractivity (Wildman–Crippen MR) is 136 cm³/mol. The van der Waals surface area contributed by atoms with E-state index in [9.17, 15) is 4.79 Å². The average molecular weight is 436 g/mol. The highest BCUT2D eigenvalue weighted by Gasteiger charge is 2.26. The van der Waals surface area contributed by atoms with Gasteiger partial charge in [0, 0.05) is 12.6 Å². The molecule has 2 N–H and O–H groups in total. The minimum Gasteiger partial charge on any atom is -0.481 e. The van der Waals surface area contributed by atoms with Crippen LogP contribution in [-0.4, -0.2) is 17.1 Å². The van der Waals surface area contributed by atoms with Gasteiger partial charge in [0.2, 0.25) is 0 Å². The molecule has 0 heterocycles. The van der Waals surface area contributed by atoms with Crippen LogP contribution in [0.2, 0.25) is 0 Å². The summed E-state index contributed by atoms with van der Waals surface area (Å²) in [4.78, 5) is 10.8. The Kier molecular flexibility index (Phi) is 10.7. The highest BCUT2D eigenvalue weighted by atomic mass is 16.4. The second-order valence-corrected chi connectivity index (χ2v) is 9.70. The summed E-state index contributed by atoms with van der Waals surface area (Å²) in [6, 6.07) is 8.15. The number of benzene rings is 1. The molecule has 1 aromatic rings. The largest absolute Gasteiger partial charge is 0.481 e. The molecule has 1 aliphatic carbocycles. The topological polar surface area (TPSA) is 49.3 Å². The fourth-order valence-electron chi connectivity index (χ4n) is 4.25. The van der Waals surface area contributed by atoms with Gasteiger partial charge in [-0.25, -0.2) is 0 Å². The maximum atomic E-state index is 10.8. The minimum absolute atomic E-state index is 0.0731. The van der Waals surface area contributed by atoms with Crippen molar-refractivity contribution in [3.05, 3.63) is 83.5 Å². The molecule has 0 spiro atoms. The Bertz CT molecular complexity index is 827. The number of carbonyl (C=O) groups is 1. The number of nitrogens with one attached hydrogen (secondary N) is 1. The van der Waals surface area contributed by atoms with E-state index in [2.05, 4.69) is 75.5 Å². The van der Waals surface area contributed by atoms with Gasteiger partial charge in [-0.2, -0.15) is 0 Å². The van der Waals surface area contributed by atoms with Crippen LogP contribution in [0.5, 0.6) is 0 Å². The van der Waals surface area contributed by atoms with Crippen LogP contribution in [0, 0.1) is 11.3 Å². The molecule has 1 unspecified atom stereocenters. The molecule has 32 heavy (non-hydrogen) atoms. The fourth-order valence-corrected chi connectivity index (χ4v) is 4.25. The zero-order valence-electron chi connectivity index (χ0n) is 20.3. The first-order valence-corrected chi connectivity index (χ1v) is 12.0. The third-order valence-electron chi connectivity index (χ3n) is 6.30. The number of aliphatic carboxylic acids is 1. The highest BCUT2D eigenvalue weighted by Crippen LogP contribution is 2.37. The Morgan fingerprint density at radius 1 is 1.25 bits per heavy atom. The molecular weight excluding hydrogens is 394 g/mol. The molecule has 0 fully saturated rings. The van der Waals surface area contributed by atoms with Gasteiger partial charge in [0.25, 0.3) is 0 Å². The maximum absolute atomic E-state index is 10.8. The monoisotopic (exact) mass is 435 g/mol. The molecule has 3 heteroatoms. The summed E-state index contributed by atoms with van der Waals surface area (Å²) in [6.45, 7) is 9.81. The van der Waals surface area contributed by atoms with Gasteiger partial charge in [-0.1, -0.05) is 80.6 Å². The zero-order chi connectivity index (χ0) is 23.4. The molecule has 1 aromatic carbocycles. The highest BCUT2D eigenvalue weighted by molar-refractivity contribution is 5.70. The van der Waals surface area contributed by atoms with Gasteiger partial charge in [-0.05, 0) is 74.0 Å². The van der Waals surface area contributed by atoms with Crippen molar-refractivity contribution in [3.63, 3.8) is 0 Å². The first-order valence-electron chi connectivity index (χ1n) is 12.0. The van der Waals surface area contributed by atoms with Crippen molar-refractivity contribution < 1.29 is 9.90 Å². The van der Waals surface area contributed by atoms with Crippen molar-refractivity contribution in [2.75, 3.05) is 0 Å². The number of rotatable bonds is 12. The molecule has 0 saturated carbocycles. The molecular formula is C29H41NO2. The first-order chi connectivity index (χ1) is 15.3.